The average Bonchev–Trinajstić information content (AvgIpc) is 3.24. The Morgan fingerprint density at radius 2 is 1.91 bits per heavy atom. The third-order valence-electron chi connectivity index (χ3n) is 5.57. The molecule has 4 aromatic rings. The van der Waals surface area contributed by atoms with Crippen LogP contribution >= 0.6 is 27.5 Å². The van der Waals surface area contributed by atoms with Crippen LogP contribution in [-0.2, 0) is 24.4 Å². The summed E-state index contributed by atoms with van der Waals surface area (Å²) in [7, 11) is 1.57. The molecule has 0 aliphatic rings. The third-order valence-corrected chi connectivity index (χ3v) is 6.53. The zero-order valence-corrected chi connectivity index (χ0v) is 20.8. The van der Waals surface area contributed by atoms with Gasteiger partial charge >= 0.3 is 5.97 Å². The molecule has 8 heteroatoms. The lowest BCUT2D eigenvalue weighted by Crippen LogP contribution is -2.38. The van der Waals surface area contributed by atoms with Crippen LogP contribution in [0.5, 0.6) is 11.5 Å². The Morgan fingerprint density at radius 1 is 1.15 bits per heavy atom. The molecule has 0 aliphatic carbocycles. The number of H-pyrrole nitrogens is 1. The fourth-order valence-electron chi connectivity index (χ4n) is 3.79. The standard InChI is InChI=1S/C26H24BrClN2O4/c1-33-24-11-16(10-20(27)25(24)34-15-17-6-2-4-8-21(17)28)13-29-23(26(31)32)12-18-14-30-22-9-5-3-7-19(18)22/h2-11,14,23,29-30H,12-13,15H2,1H3,(H,31,32). The maximum absolute atomic E-state index is 11.9. The van der Waals surface area contributed by atoms with Gasteiger partial charge in [0.05, 0.1) is 11.6 Å². The number of carbonyl (C=O) groups is 1. The molecule has 3 aromatic carbocycles. The van der Waals surface area contributed by atoms with Crippen molar-refractivity contribution >= 4 is 44.4 Å². The number of carboxylic acids is 1. The topological polar surface area (TPSA) is 83.6 Å². The first-order valence-electron chi connectivity index (χ1n) is 10.7. The summed E-state index contributed by atoms with van der Waals surface area (Å²) in [5, 5.41) is 14.6. The quantitative estimate of drug-likeness (QED) is 0.230. The van der Waals surface area contributed by atoms with Gasteiger partial charge in [-0.25, -0.2) is 0 Å². The molecule has 0 fully saturated rings. The van der Waals surface area contributed by atoms with Crippen LogP contribution in [-0.4, -0.2) is 29.2 Å². The van der Waals surface area contributed by atoms with Gasteiger partial charge in [-0.2, -0.15) is 0 Å². The number of fused-ring (bicyclic) bond motifs is 1. The van der Waals surface area contributed by atoms with Crippen LogP contribution in [0.3, 0.4) is 0 Å². The predicted octanol–water partition coefficient (Wildman–Crippen LogP) is 5.96. The van der Waals surface area contributed by atoms with E-state index in [0.29, 0.717) is 34.0 Å². The third kappa shape index (κ3) is 5.55. The molecular formula is C26H24BrClN2O4. The number of aromatic nitrogens is 1. The molecule has 1 atom stereocenters. The lowest BCUT2D eigenvalue weighted by atomic mass is 10.0. The van der Waals surface area contributed by atoms with Gasteiger partial charge in [0, 0.05) is 40.7 Å². The van der Waals surface area contributed by atoms with Gasteiger partial charge in [0.25, 0.3) is 0 Å². The second kappa shape index (κ2) is 11.0. The Labute approximate surface area is 211 Å². The van der Waals surface area contributed by atoms with Gasteiger partial charge < -0.3 is 24.9 Å². The highest BCUT2D eigenvalue weighted by Gasteiger charge is 2.20. The molecule has 0 radical (unpaired) electrons. The highest BCUT2D eigenvalue weighted by atomic mass is 79.9. The summed E-state index contributed by atoms with van der Waals surface area (Å²) >= 11 is 9.78. The van der Waals surface area contributed by atoms with E-state index >= 15 is 0 Å². The number of hydrogen-bond acceptors (Lipinski definition) is 4. The zero-order valence-electron chi connectivity index (χ0n) is 18.5. The summed E-state index contributed by atoms with van der Waals surface area (Å²) in [6, 6.07) is 18.3. The molecule has 34 heavy (non-hydrogen) atoms. The number of halogens is 2. The lowest BCUT2D eigenvalue weighted by Gasteiger charge is -2.17. The number of benzene rings is 3. The second-order valence-corrected chi connectivity index (χ2v) is 9.09. The smallest absolute Gasteiger partial charge is 0.321 e. The van der Waals surface area contributed by atoms with Gasteiger partial charge in [-0.05, 0) is 51.3 Å². The summed E-state index contributed by atoms with van der Waals surface area (Å²) in [5.74, 6) is 0.192. The van der Waals surface area contributed by atoms with Crippen LogP contribution in [0.4, 0.5) is 0 Å². The molecule has 0 amide bonds. The summed E-state index contributed by atoms with van der Waals surface area (Å²) < 4.78 is 12.2. The molecule has 0 saturated heterocycles. The van der Waals surface area contributed by atoms with Crippen molar-refractivity contribution < 1.29 is 19.4 Å². The Morgan fingerprint density at radius 3 is 2.68 bits per heavy atom. The van der Waals surface area contributed by atoms with Crippen molar-refractivity contribution in [2.45, 2.75) is 25.6 Å². The van der Waals surface area contributed by atoms with Crippen molar-refractivity contribution in [3.63, 3.8) is 0 Å². The molecule has 0 spiro atoms. The monoisotopic (exact) mass is 542 g/mol. The predicted molar refractivity (Wildman–Crippen MR) is 137 cm³/mol. The number of nitrogens with one attached hydrogen (secondary N) is 2. The average molecular weight is 544 g/mol. The van der Waals surface area contributed by atoms with Crippen LogP contribution < -0.4 is 14.8 Å². The van der Waals surface area contributed by atoms with E-state index in [4.69, 9.17) is 21.1 Å². The summed E-state index contributed by atoms with van der Waals surface area (Å²) in [6.45, 7) is 0.636. The molecule has 0 bridgehead atoms. The highest BCUT2D eigenvalue weighted by molar-refractivity contribution is 9.10. The minimum Gasteiger partial charge on any atom is -0.493 e. The van der Waals surface area contributed by atoms with E-state index in [1.165, 1.54) is 0 Å². The van der Waals surface area contributed by atoms with Crippen molar-refractivity contribution in [1.29, 1.82) is 0 Å². The molecule has 3 N–H and O–H groups in total. The van der Waals surface area contributed by atoms with Crippen LogP contribution in [0.2, 0.25) is 5.02 Å². The SMILES string of the molecule is COc1cc(CNC(Cc2c[nH]c3ccccc23)C(=O)O)cc(Br)c1OCc1ccccc1Cl. The van der Waals surface area contributed by atoms with E-state index in [9.17, 15) is 9.90 Å². The first-order valence-corrected chi connectivity index (χ1v) is 11.9. The molecule has 0 aliphatic heterocycles. The lowest BCUT2D eigenvalue weighted by molar-refractivity contribution is -0.139. The number of methoxy groups -OCH3 is 1. The fourth-order valence-corrected chi connectivity index (χ4v) is 4.58. The number of para-hydroxylation sites is 1. The van der Waals surface area contributed by atoms with Crippen LogP contribution in [0.1, 0.15) is 16.7 Å². The van der Waals surface area contributed by atoms with Crippen molar-refractivity contribution in [2.75, 3.05) is 7.11 Å². The Balaban J connectivity index is 1.46. The second-order valence-electron chi connectivity index (χ2n) is 7.82. The number of aromatic amines is 1. The van der Waals surface area contributed by atoms with E-state index in [0.717, 1.165) is 27.6 Å². The van der Waals surface area contributed by atoms with E-state index in [1.54, 1.807) is 7.11 Å². The normalized spacial score (nSPS) is 12.0. The highest BCUT2D eigenvalue weighted by Crippen LogP contribution is 2.37. The van der Waals surface area contributed by atoms with Gasteiger partial charge in [-0.15, -0.1) is 0 Å². The van der Waals surface area contributed by atoms with E-state index in [-0.39, 0.29) is 6.61 Å². The Bertz CT molecular complexity index is 1310. The van der Waals surface area contributed by atoms with E-state index in [2.05, 4.69) is 26.2 Å². The van der Waals surface area contributed by atoms with Crippen LogP contribution in [0, 0.1) is 0 Å². The summed E-state index contributed by atoms with van der Waals surface area (Å²) in [6.07, 6.45) is 2.23. The molecule has 1 heterocycles. The molecule has 176 valence electrons. The summed E-state index contributed by atoms with van der Waals surface area (Å²) in [5.41, 5.74) is 3.67. The maximum atomic E-state index is 11.9. The van der Waals surface area contributed by atoms with Crippen molar-refractivity contribution in [2.24, 2.45) is 0 Å². The van der Waals surface area contributed by atoms with Crippen LogP contribution in [0.15, 0.2) is 71.3 Å². The van der Waals surface area contributed by atoms with Gasteiger partial charge in [-0.3, -0.25) is 4.79 Å². The van der Waals surface area contributed by atoms with Gasteiger partial charge in [0.2, 0.25) is 0 Å². The molecule has 6 nitrogen and oxygen atoms in total. The first kappa shape index (κ1) is 24.1. The number of aliphatic carboxylic acids is 1. The minimum absolute atomic E-state index is 0.290. The number of carboxylic acid groups (broad SMARTS) is 1. The fraction of sp³-hybridized carbons (Fsp3) is 0.192. The van der Waals surface area contributed by atoms with E-state index in [1.807, 2.05) is 66.9 Å². The van der Waals surface area contributed by atoms with Gasteiger partial charge in [-0.1, -0.05) is 48.0 Å². The molecule has 0 saturated carbocycles. The van der Waals surface area contributed by atoms with E-state index < -0.39 is 12.0 Å². The Hall–Kier alpha value is -3.00. The van der Waals surface area contributed by atoms with Crippen molar-refractivity contribution in [3.8, 4) is 11.5 Å². The number of ether oxygens (including phenoxy) is 2. The van der Waals surface area contributed by atoms with Crippen molar-refractivity contribution in [3.05, 3.63) is 93.0 Å². The van der Waals surface area contributed by atoms with Gasteiger partial charge in [0.1, 0.15) is 12.6 Å². The number of hydrogen-bond donors (Lipinski definition) is 3. The van der Waals surface area contributed by atoms with Crippen molar-refractivity contribution in [1.82, 2.24) is 10.3 Å². The zero-order chi connectivity index (χ0) is 24.1. The maximum Gasteiger partial charge on any atom is 0.321 e. The summed E-state index contributed by atoms with van der Waals surface area (Å²) in [4.78, 5) is 15.1. The molecule has 1 aromatic heterocycles. The minimum atomic E-state index is -0.906. The Kier molecular flexibility index (Phi) is 7.77. The first-order chi connectivity index (χ1) is 16.5. The van der Waals surface area contributed by atoms with Gasteiger partial charge in [0.15, 0.2) is 11.5 Å². The largest absolute Gasteiger partial charge is 0.493 e. The van der Waals surface area contributed by atoms with Crippen LogP contribution in [0.25, 0.3) is 10.9 Å². The molecule has 1 unspecified atom stereocenters. The number of rotatable bonds is 10. The molecular weight excluding hydrogens is 520 g/mol. The molecule has 4 rings (SSSR count).